The van der Waals surface area contributed by atoms with E-state index in [9.17, 15) is 14.0 Å². The summed E-state index contributed by atoms with van der Waals surface area (Å²) in [5, 5.41) is 2.85. The Bertz CT molecular complexity index is 758. The molecule has 0 spiro atoms. The third-order valence-corrected chi connectivity index (χ3v) is 4.21. The van der Waals surface area contributed by atoms with Gasteiger partial charge >= 0.3 is 0 Å². The zero-order chi connectivity index (χ0) is 17.1. The van der Waals surface area contributed by atoms with Gasteiger partial charge in [-0.25, -0.2) is 4.39 Å². The minimum atomic E-state index is -0.526. The first-order valence-electron chi connectivity index (χ1n) is 7.98. The Hall–Kier alpha value is -2.69. The largest absolute Gasteiger partial charge is 0.327 e. The summed E-state index contributed by atoms with van der Waals surface area (Å²) in [5.74, 6) is -0.974. The van der Waals surface area contributed by atoms with E-state index in [-0.39, 0.29) is 17.4 Å². The number of hydrogen-bond donors (Lipinski definition) is 1. The molecule has 3 rings (SSSR count). The van der Waals surface area contributed by atoms with Crippen molar-refractivity contribution in [2.75, 3.05) is 11.9 Å². The van der Waals surface area contributed by atoms with Crippen LogP contribution in [-0.4, -0.2) is 29.3 Å². The topological polar surface area (TPSA) is 49.4 Å². The van der Waals surface area contributed by atoms with E-state index < -0.39 is 11.9 Å². The fraction of sp³-hybridized carbons (Fsp3) is 0.263. The van der Waals surface area contributed by atoms with E-state index in [1.165, 1.54) is 23.1 Å². The molecule has 0 aromatic heterocycles. The maximum atomic E-state index is 13.3. The second-order valence-electron chi connectivity index (χ2n) is 6.02. The predicted octanol–water partition coefficient (Wildman–Crippen LogP) is 3.38. The van der Waals surface area contributed by atoms with Gasteiger partial charge in [0.2, 0.25) is 5.91 Å². The molecular formula is C19H19FN2O2. The van der Waals surface area contributed by atoms with Gasteiger partial charge in [0.15, 0.2) is 0 Å². The third-order valence-electron chi connectivity index (χ3n) is 4.21. The molecule has 0 bridgehead atoms. The first-order chi connectivity index (χ1) is 11.5. The minimum absolute atomic E-state index is 0.207. The van der Waals surface area contributed by atoms with Crippen LogP contribution in [0.2, 0.25) is 0 Å². The number of amides is 2. The lowest BCUT2D eigenvalue weighted by molar-refractivity contribution is -0.119. The Morgan fingerprint density at radius 2 is 1.92 bits per heavy atom. The van der Waals surface area contributed by atoms with Gasteiger partial charge in [-0.15, -0.1) is 0 Å². The molecule has 0 aliphatic carbocycles. The number of carbonyl (C=O) groups excluding carboxylic acids is 2. The molecule has 5 heteroatoms. The van der Waals surface area contributed by atoms with Crippen LogP contribution >= 0.6 is 0 Å². The Balaban J connectivity index is 1.73. The van der Waals surface area contributed by atoms with Gasteiger partial charge in [0, 0.05) is 17.8 Å². The smallest absolute Gasteiger partial charge is 0.254 e. The van der Waals surface area contributed by atoms with Crippen LogP contribution in [0.3, 0.4) is 0 Å². The maximum Gasteiger partial charge on any atom is 0.254 e. The van der Waals surface area contributed by atoms with Gasteiger partial charge in [-0.05, 0) is 50.1 Å². The number of benzene rings is 2. The lowest BCUT2D eigenvalue weighted by Crippen LogP contribution is -2.43. The van der Waals surface area contributed by atoms with Crippen LogP contribution in [-0.2, 0) is 4.79 Å². The standard InChI is InChI=1S/C19H19FN2O2/c1-13-7-9-16(10-8-13)21-18(23)17-6-3-11-22(17)19(24)14-4-2-5-15(20)12-14/h2,4-5,7-10,12,17H,3,6,11H2,1H3,(H,21,23). The number of rotatable bonds is 3. The van der Waals surface area contributed by atoms with Gasteiger partial charge in [-0.1, -0.05) is 23.8 Å². The molecule has 24 heavy (non-hydrogen) atoms. The predicted molar refractivity (Wildman–Crippen MR) is 90.3 cm³/mol. The molecule has 1 aliphatic heterocycles. The lowest BCUT2D eigenvalue weighted by Gasteiger charge is -2.24. The number of likely N-dealkylation sites (tertiary alicyclic amines) is 1. The molecule has 1 N–H and O–H groups in total. The van der Waals surface area contributed by atoms with Crippen molar-refractivity contribution in [3.63, 3.8) is 0 Å². The van der Waals surface area contributed by atoms with Crippen molar-refractivity contribution in [3.8, 4) is 0 Å². The highest BCUT2D eigenvalue weighted by molar-refractivity contribution is 6.01. The second kappa shape index (κ2) is 6.83. The van der Waals surface area contributed by atoms with Crippen molar-refractivity contribution in [3.05, 3.63) is 65.5 Å². The Morgan fingerprint density at radius 3 is 2.62 bits per heavy atom. The molecule has 1 unspecified atom stereocenters. The number of carbonyl (C=O) groups is 2. The fourth-order valence-corrected chi connectivity index (χ4v) is 2.93. The van der Waals surface area contributed by atoms with Crippen LogP contribution in [0.1, 0.15) is 28.8 Å². The van der Waals surface area contributed by atoms with E-state index in [0.717, 1.165) is 12.0 Å². The summed E-state index contributed by atoms with van der Waals surface area (Å²) < 4.78 is 13.3. The summed E-state index contributed by atoms with van der Waals surface area (Å²) >= 11 is 0. The van der Waals surface area contributed by atoms with Gasteiger partial charge < -0.3 is 10.2 Å². The fourth-order valence-electron chi connectivity index (χ4n) is 2.93. The average molecular weight is 326 g/mol. The number of aryl methyl sites for hydroxylation is 1. The number of hydrogen-bond acceptors (Lipinski definition) is 2. The Morgan fingerprint density at radius 1 is 1.17 bits per heavy atom. The van der Waals surface area contributed by atoms with Gasteiger partial charge in [-0.2, -0.15) is 0 Å². The Kier molecular flexibility index (Phi) is 4.60. The van der Waals surface area contributed by atoms with E-state index in [2.05, 4.69) is 5.32 Å². The second-order valence-corrected chi connectivity index (χ2v) is 6.02. The van der Waals surface area contributed by atoms with Crippen molar-refractivity contribution in [1.29, 1.82) is 0 Å². The zero-order valence-electron chi connectivity index (χ0n) is 13.5. The first-order valence-corrected chi connectivity index (χ1v) is 7.98. The van der Waals surface area contributed by atoms with Crippen LogP contribution in [0.5, 0.6) is 0 Å². The molecule has 0 saturated carbocycles. The van der Waals surface area contributed by atoms with Crippen LogP contribution in [0.25, 0.3) is 0 Å². The van der Waals surface area contributed by atoms with Crippen molar-refractivity contribution < 1.29 is 14.0 Å². The molecule has 1 atom stereocenters. The molecule has 0 radical (unpaired) electrons. The van der Waals surface area contributed by atoms with E-state index in [1.807, 2.05) is 31.2 Å². The summed E-state index contributed by atoms with van der Waals surface area (Å²) in [7, 11) is 0. The average Bonchev–Trinajstić information content (AvgIpc) is 3.06. The molecule has 1 saturated heterocycles. The summed E-state index contributed by atoms with van der Waals surface area (Å²) in [6.45, 7) is 2.48. The van der Waals surface area contributed by atoms with Crippen LogP contribution in [0, 0.1) is 12.7 Å². The van der Waals surface area contributed by atoms with Crippen LogP contribution < -0.4 is 5.32 Å². The normalized spacial score (nSPS) is 16.9. The molecule has 124 valence electrons. The van der Waals surface area contributed by atoms with Gasteiger partial charge in [0.1, 0.15) is 11.9 Å². The molecule has 1 aliphatic rings. The maximum absolute atomic E-state index is 13.3. The Labute approximate surface area is 140 Å². The monoisotopic (exact) mass is 326 g/mol. The van der Waals surface area contributed by atoms with Crippen molar-refractivity contribution in [1.82, 2.24) is 4.90 Å². The summed E-state index contributed by atoms with van der Waals surface area (Å²) in [5.41, 5.74) is 2.08. The third kappa shape index (κ3) is 3.45. The zero-order valence-corrected chi connectivity index (χ0v) is 13.5. The van der Waals surface area contributed by atoms with E-state index in [0.29, 0.717) is 18.7 Å². The molecule has 1 fully saturated rings. The molecule has 2 aromatic rings. The molecular weight excluding hydrogens is 307 g/mol. The lowest BCUT2D eigenvalue weighted by atomic mass is 10.1. The molecule has 2 amide bonds. The van der Waals surface area contributed by atoms with E-state index >= 15 is 0 Å². The highest BCUT2D eigenvalue weighted by atomic mass is 19.1. The number of nitrogens with one attached hydrogen (secondary N) is 1. The molecule has 1 heterocycles. The quantitative estimate of drug-likeness (QED) is 0.940. The van der Waals surface area contributed by atoms with Gasteiger partial charge in [0.05, 0.1) is 0 Å². The molecule has 4 nitrogen and oxygen atoms in total. The SMILES string of the molecule is Cc1ccc(NC(=O)C2CCCN2C(=O)c2cccc(F)c2)cc1. The number of nitrogens with zero attached hydrogens (tertiary/aromatic N) is 1. The summed E-state index contributed by atoms with van der Waals surface area (Å²) in [6, 6.07) is 12.5. The minimum Gasteiger partial charge on any atom is -0.327 e. The number of anilines is 1. The van der Waals surface area contributed by atoms with Crippen LogP contribution in [0.15, 0.2) is 48.5 Å². The molecule has 2 aromatic carbocycles. The van der Waals surface area contributed by atoms with Crippen molar-refractivity contribution in [2.24, 2.45) is 0 Å². The van der Waals surface area contributed by atoms with Crippen molar-refractivity contribution >= 4 is 17.5 Å². The van der Waals surface area contributed by atoms with Gasteiger partial charge in [-0.3, -0.25) is 9.59 Å². The summed E-state index contributed by atoms with van der Waals surface area (Å²) in [4.78, 5) is 26.7. The van der Waals surface area contributed by atoms with E-state index in [1.54, 1.807) is 6.07 Å². The highest BCUT2D eigenvalue weighted by Gasteiger charge is 2.34. The van der Waals surface area contributed by atoms with E-state index in [4.69, 9.17) is 0 Å². The number of halogens is 1. The summed E-state index contributed by atoms with van der Waals surface area (Å²) in [6.07, 6.45) is 1.37. The van der Waals surface area contributed by atoms with Gasteiger partial charge in [0.25, 0.3) is 5.91 Å². The van der Waals surface area contributed by atoms with Crippen molar-refractivity contribution in [2.45, 2.75) is 25.8 Å². The van der Waals surface area contributed by atoms with Crippen LogP contribution in [0.4, 0.5) is 10.1 Å². The first kappa shape index (κ1) is 16.2. The highest BCUT2D eigenvalue weighted by Crippen LogP contribution is 2.22.